The molecular weight excluding hydrogens is 384 g/mol. The van der Waals surface area contributed by atoms with Crippen LogP contribution >= 0.6 is 0 Å². The summed E-state index contributed by atoms with van der Waals surface area (Å²) in [5.41, 5.74) is 2.33. The van der Waals surface area contributed by atoms with Gasteiger partial charge in [0.1, 0.15) is 5.69 Å². The highest BCUT2D eigenvalue weighted by Crippen LogP contribution is 2.29. The second-order valence-corrected chi connectivity index (χ2v) is 7.40. The molecule has 1 saturated heterocycles. The first-order valence-electron chi connectivity index (χ1n) is 10.2. The maximum Gasteiger partial charge on any atom is 0.269 e. The van der Waals surface area contributed by atoms with Gasteiger partial charge in [0.2, 0.25) is 0 Å². The van der Waals surface area contributed by atoms with Crippen LogP contribution in [0, 0.1) is 0 Å². The van der Waals surface area contributed by atoms with E-state index in [1.54, 1.807) is 19.3 Å². The van der Waals surface area contributed by atoms with Gasteiger partial charge in [-0.2, -0.15) is 0 Å². The third-order valence-electron chi connectivity index (χ3n) is 5.42. The third kappa shape index (κ3) is 4.20. The van der Waals surface area contributed by atoms with Gasteiger partial charge in [-0.3, -0.25) is 14.5 Å². The number of nitrogens with zero attached hydrogens (tertiary/aromatic N) is 4. The first kappa shape index (κ1) is 20.1. The van der Waals surface area contributed by atoms with E-state index in [0.717, 1.165) is 37.6 Å². The zero-order valence-electron chi connectivity index (χ0n) is 17.2. The van der Waals surface area contributed by atoms with Gasteiger partial charge in [0.05, 0.1) is 17.6 Å². The predicted octanol–water partition coefficient (Wildman–Crippen LogP) is 1.27. The van der Waals surface area contributed by atoms with Gasteiger partial charge in [-0.15, -0.1) is 0 Å². The summed E-state index contributed by atoms with van der Waals surface area (Å²) >= 11 is 0. The summed E-state index contributed by atoms with van der Waals surface area (Å²) in [6.45, 7) is 6.13. The lowest BCUT2D eigenvalue weighted by Gasteiger charge is -2.36. The fraction of sp³-hybridized carbons (Fsp3) is 0.429. The van der Waals surface area contributed by atoms with E-state index in [0.29, 0.717) is 30.2 Å². The summed E-state index contributed by atoms with van der Waals surface area (Å²) in [7, 11) is 1.59. The number of nitrogens with one attached hydrogen (secondary N) is 2. The molecule has 2 amide bonds. The molecule has 0 bridgehead atoms. The lowest BCUT2D eigenvalue weighted by Crippen LogP contribution is -2.46. The SMILES string of the molecule is CC[C@H]1Oc2ccc(CN3CCN(c4ccc(C(=O)NC)nc4)CC3)nc2NC1=O. The molecule has 158 valence electrons. The number of fused-ring (bicyclic) bond motifs is 1. The highest BCUT2D eigenvalue weighted by atomic mass is 16.5. The van der Waals surface area contributed by atoms with E-state index >= 15 is 0 Å². The zero-order valence-corrected chi connectivity index (χ0v) is 17.2. The van der Waals surface area contributed by atoms with Crippen LogP contribution < -0.4 is 20.3 Å². The van der Waals surface area contributed by atoms with Crippen LogP contribution in [0.1, 0.15) is 29.5 Å². The van der Waals surface area contributed by atoms with Gasteiger partial charge in [0.15, 0.2) is 17.7 Å². The highest BCUT2D eigenvalue weighted by molar-refractivity contribution is 5.96. The Bertz CT molecular complexity index is 925. The fourth-order valence-electron chi connectivity index (χ4n) is 3.66. The first-order valence-corrected chi connectivity index (χ1v) is 10.2. The van der Waals surface area contributed by atoms with Crippen LogP contribution in [0.4, 0.5) is 11.5 Å². The van der Waals surface area contributed by atoms with Gasteiger partial charge in [0.25, 0.3) is 11.8 Å². The van der Waals surface area contributed by atoms with Gasteiger partial charge < -0.3 is 20.3 Å². The van der Waals surface area contributed by atoms with Crippen molar-refractivity contribution in [1.29, 1.82) is 0 Å². The molecule has 0 aromatic carbocycles. The zero-order chi connectivity index (χ0) is 21.1. The van der Waals surface area contributed by atoms with Crippen LogP contribution in [0.3, 0.4) is 0 Å². The number of hydrogen-bond donors (Lipinski definition) is 2. The van der Waals surface area contributed by atoms with Gasteiger partial charge >= 0.3 is 0 Å². The van der Waals surface area contributed by atoms with E-state index in [1.165, 1.54) is 0 Å². The minimum absolute atomic E-state index is 0.140. The molecule has 0 spiro atoms. The molecule has 0 unspecified atom stereocenters. The lowest BCUT2D eigenvalue weighted by atomic mass is 10.2. The average molecular weight is 410 g/mol. The minimum atomic E-state index is -0.446. The van der Waals surface area contributed by atoms with Crippen molar-refractivity contribution in [2.45, 2.75) is 26.0 Å². The van der Waals surface area contributed by atoms with Gasteiger partial charge in [-0.05, 0) is 30.7 Å². The smallest absolute Gasteiger partial charge is 0.269 e. The van der Waals surface area contributed by atoms with Crippen molar-refractivity contribution in [2.75, 3.05) is 43.4 Å². The van der Waals surface area contributed by atoms with Gasteiger partial charge in [-0.1, -0.05) is 6.92 Å². The van der Waals surface area contributed by atoms with E-state index in [4.69, 9.17) is 4.74 Å². The maximum atomic E-state index is 12.0. The van der Waals surface area contributed by atoms with E-state index in [9.17, 15) is 9.59 Å². The maximum absolute atomic E-state index is 12.0. The molecule has 9 nitrogen and oxygen atoms in total. The van der Waals surface area contributed by atoms with Crippen LogP contribution in [0.5, 0.6) is 5.75 Å². The molecule has 9 heteroatoms. The number of anilines is 2. The number of aromatic nitrogens is 2. The van der Waals surface area contributed by atoms with Crippen molar-refractivity contribution >= 4 is 23.3 Å². The average Bonchev–Trinajstić information content (AvgIpc) is 2.78. The van der Waals surface area contributed by atoms with Gasteiger partial charge in [-0.25, -0.2) is 9.97 Å². The Kier molecular flexibility index (Phi) is 5.80. The van der Waals surface area contributed by atoms with Crippen LogP contribution in [-0.4, -0.2) is 66.0 Å². The molecule has 2 aliphatic heterocycles. The van der Waals surface area contributed by atoms with Crippen LogP contribution in [0.2, 0.25) is 0 Å². The summed E-state index contributed by atoms with van der Waals surface area (Å²) in [4.78, 5) is 37.1. The molecule has 2 aromatic heterocycles. The van der Waals surface area contributed by atoms with E-state index < -0.39 is 6.10 Å². The summed E-state index contributed by atoms with van der Waals surface area (Å²) in [5, 5.41) is 5.42. The Labute approximate surface area is 175 Å². The van der Waals surface area contributed by atoms with Crippen molar-refractivity contribution in [1.82, 2.24) is 20.2 Å². The van der Waals surface area contributed by atoms with Crippen molar-refractivity contribution in [3.63, 3.8) is 0 Å². The molecule has 2 N–H and O–H groups in total. The number of ether oxygens (including phenoxy) is 1. The molecule has 2 aliphatic rings. The van der Waals surface area contributed by atoms with E-state index in [2.05, 4.69) is 30.4 Å². The Hall–Kier alpha value is -3.20. The number of amides is 2. The number of carbonyl (C=O) groups excluding carboxylic acids is 2. The summed E-state index contributed by atoms with van der Waals surface area (Å²) in [6, 6.07) is 7.52. The molecule has 0 saturated carbocycles. The highest BCUT2D eigenvalue weighted by Gasteiger charge is 2.27. The molecule has 1 atom stereocenters. The minimum Gasteiger partial charge on any atom is -0.477 e. The largest absolute Gasteiger partial charge is 0.477 e. The number of hydrogen-bond acceptors (Lipinski definition) is 7. The Morgan fingerprint density at radius 3 is 2.70 bits per heavy atom. The number of rotatable bonds is 5. The molecule has 2 aromatic rings. The predicted molar refractivity (Wildman–Crippen MR) is 113 cm³/mol. The molecular formula is C21H26N6O3. The molecule has 4 rings (SSSR count). The molecule has 30 heavy (non-hydrogen) atoms. The Morgan fingerprint density at radius 1 is 1.23 bits per heavy atom. The van der Waals surface area contributed by atoms with Crippen molar-refractivity contribution in [2.24, 2.45) is 0 Å². The number of carbonyl (C=O) groups is 2. The molecule has 0 aliphatic carbocycles. The lowest BCUT2D eigenvalue weighted by molar-refractivity contribution is -0.123. The second-order valence-electron chi connectivity index (χ2n) is 7.40. The molecule has 0 radical (unpaired) electrons. The standard InChI is InChI=1S/C21H26N6O3/c1-3-17-21(29)25-19-18(30-17)7-4-14(24-19)13-26-8-10-27(11-9-26)15-5-6-16(23-12-15)20(28)22-2/h4-7,12,17H,3,8-11,13H2,1-2H3,(H,22,28)(H,24,25,29)/t17-/m1/s1. The summed E-state index contributed by atoms with van der Waals surface area (Å²) in [6.07, 6.45) is 1.93. The molecule has 1 fully saturated rings. The second kappa shape index (κ2) is 8.66. The van der Waals surface area contributed by atoms with Crippen molar-refractivity contribution in [3.8, 4) is 5.75 Å². The van der Waals surface area contributed by atoms with Crippen LogP contribution in [-0.2, 0) is 11.3 Å². The number of pyridine rings is 2. The Balaban J connectivity index is 1.34. The Morgan fingerprint density at radius 2 is 2.03 bits per heavy atom. The summed E-state index contributed by atoms with van der Waals surface area (Å²) in [5.74, 6) is 0.806. The van der Waals surface area contributed by atoms with Crippen LogP contribution in [0.25, 0.3) is 0 Å². The molecule has 4 heterocycles. The van der Waals surface area contributed by atoms with Gasteiger partial charge in [0, 0.05) is 39.8 Å². The van der Waals surface area contributed by atoms with Crippen LogP contribution in [0.15, 0.2) is 30.5 Å². The van der Waals surface area contributed by atoms with E-state index in [1.807, 2.05) is 25.1 Å². The first-order chi connectivity index (χ1) is 14.6. The monoisotopic (exact) mass is 410 g/mol. The normalized spacial score (nSPS) is 18.9. The fourth-order valence-corrected chi connectivity index (χ4v) is 3.66. The third-order valence-corrected chi connectivity index (χ3v) is 5.42. The van der Waals surface area contributed by atoms with Crippen molar-refractivity contribution in [3.05, 3.63) is 41.9 Å². The number of piperazine rings is 1. The quantitative estimate of drug-likeness (QED) is 0.766. The van der Waals surface area contributed by atoms with E-state index in [-0.39, 0.29) is 11.8 Å². The van der Waals surface area contributed by atoms with Crippen molar-refractivity contribution < 1.29 is 14.3 Å². The summed E-state index contributed by atoms with van der Waals surface area (Å²) < 4.78 is 5.71. The topological polar surface area (TPSA) is 99.7 Å².